The van der Waals surface area contributed by atoms with Crippen LogP contribution in [0.15, 0.2) is 18.2 Å². The van der Waals surface area contributed by atoms with E-state index in [9.17, 15) is 9.18 Å². The molecule has 1 N–H and O–H groups in total. The van der Waals surface area contributed by atoms with Crippen LogP contribution in [0.2, 0.25) is 0 Å². The van der Waals surface area contributed by atoms with Crippen molar-refractivity contribution in [1.29, 1.82) is 0 Å². The van der Waals surface area contributed by atoms with E-state index >= 15 is 0 Å². The SMILES string of the molecule is Cc1ccc(F)c(C(=O)C2CC3CCCCC3N2)c1. The minimum absolute atomic E-state index is 0.0735. The molecule has 3 rings (SSSR count). The minimum atomic E-state index is -0.396. The van der Waals surface area contributed by atoms with Gasteiger partial charge < -0.3 is 5.32 Å². The number of hydrogen-bond donors (Lipinski definition) is 1. The summed E-state index contributed by atoms with van der Waals surface area (Å²) in [5, 5.41) is 3.42. The van der Waals surface area contributed by atoms with Gasteiger partial charge in [-0.05, 0) is 44.2 Å². The number of carbonyl (C=O) groups is 1. The van der Waals surface area contributed by atoms with E-state index in [4.69, 9.17) is 0 Å². The van der Waals surface area contributed by atoms with Crippen molar-refractivity contribution in [3.05, 3.63) is 35.1 Å². The Kier molecular flexibility index (Phi) is 3.40. The van der Waals surface area contributed by atoms with Gasteiger partial charge in [0, 0.05) is 6.04 Å². The van der Waals surface area contributed by atoms with E-state index < -0.39 is 5.82 Å². The van der Waals surface area contributed by atoms with Gasteiger partial charge in [0.25, 0.3) is 0 Å². The number of benzene rings is 1. The van der Waals surface area contributed by atoms with Crippen LogP contribution in [-0.2, 0) is 0 Å². The number of nitrogens with one attached hydrogen (secondary N) is 1. The number of aryl methyl sites for hydroxylation is 1. The first-order valence-corrected chi connectivity index (χ1v) is 7.21. The van der Waals surface area contributed by atoms with Gasteiger partial charge in [-0.3, -0.25) is 4.79 Å². The van der Waals surface area contributed by atoms with Crippen LogP contribution in [-0.4, -0.2) is 17.9 Å². The summed E-state index contributed by atoms with van der Waals surface area (Å²) in [5.74, 6) is 0.137. The third-order valence-electron chi connectivity index (χ3n) is 4.57. The van der Waals surface area contributed by atoms with E-state index in [0.717, 1.165) is 18.4 Å². The second-order valence-electron chi connectivity index (χ2n) is 5.95. The predicted molar refractivity (Wildman–Crippen MR) is 72.8 cm³/mol. The summed E-state index contributed by atoms with van der Waals surface area (Å²) in [6.45, 7) is 1.89. The zero-order chi connectivity index (χ0) is 13.4. The van der Waals surface area contributed by atoms with Crippen molar-refractivity contribution in [1.82, 2.24) is 5.32 Å². The molecule has 1 heterocycles. The first kappa shape index (κ1) is 12.8. The molecule has 1 aromatic carbocycles. The number of hydrogen-bond acceptors (Lipinski definition) is 2. The van der Waals surface area contributed by atoms with Crippen molar-refractivity contribution in [2.45, 2.75) is 51.1 Å². The van der Waals surface area contributed by atoms with Gasteiger partial charge in [0.15, 0.2) is 5.78 Å². The summed E-state index contributed by atoms with van der Waals surface area (Å²) in [6, 6.07) is 5.04. The Balaban J connectivity index is 1.79. The quantitative estimate of drug-likeness (QED) is 0.828. The maximum absolute atomic E-state index is 13.8. The topological polar surface area (TPSA) is 29.1 Å². The Morgan fingerprint density at radius 2 is 2.11 bits per heavy atom. The Labute approximate surface area is 113 Å². The first-order chi connectivity index (χ1) is 9.15. The van der Waals surface area contributed by atoms with E-state index in [1.165, 1.54) is 25.3 Å². The van der Waals surface area contributed by atoms with Gasteiger partial charge in [-0.1, -0.05) is 24.5 Å². The van der Waals surface area contributed by atoms with Gasteiger partial charge in [0.1, 0.15) is 5.82 Å². The second kappa shape index (κ2) is 5.04. The lowest BCUT2D eigenvalue weighted by atomic mass is 9.84. The smallest absolute Gasteiger partial charge is 0.182 e. The van der Waals surface area contributed by atoms with Crippen LogP contribution in [0.25, 0.3) is 0 Å². The van der Waals surface area contributed by atoms with Crippen LogP contribution in [0.3, 0.4) is 0 Å². The molecule has 1 aromatic rings. The molecule has 1 aliphatic carbocycles. The van der Waals surface area contributed by atoms with E-state index in [-0.39, 0.29) is 17.4 Å². The molecule has 0 bridgehead atoms. The summed E-state index contributed by atoms with van der Waals surface area (Å²) in [7, 11) is 0. The number of carbonyl (C=O) groups excluding carboxylic acids is 1. The monoisotopic (exact) mass is 261 g/mol. The van der Waals surface area contributed by atoms with Crippen molar-refractivity contribution in [3.63, 3.8) is 0 Å². The molecule has 2 aliphatic rings. The number of fused-ring (bicyclic) bond motifs is 1. The maximum atomic E-state index is 13.8. The molecule has 0 spiro atoms. The molecule has 2 nitrogen and oxygen atoms in total. The molecule has 1 saturated heterocycles. The highest BCUT2D eigenvalue weighted by atomic mass is 19.1. The van der Waals surface area contributed by atoms with Gasteiger partial charge >= 0.3 is 0 Å². The third kappa shape index (κ3) is 2.44. The van der Waals surface area contributed by atoms with Crippen molar-refractivity contribution in [2.24, 2.45) is 5.92 Å². The molecule has 3 heteroatoms. The maximum Gasteiger partial charge on any atom is 0.182 e. The largest absolute Gasteiger partial charge is 0.304 e. The van der Waals surface area contributed by atoms with Crippen molar-refractivity contribution >= 4 is 5.78 Å². The zero-order valence-corrected chi connectivity index (χ0v) is 11.3. The zero-order valence-electron chi connectivity index (χ0n) is 11.3. The van der Waals surface area contributed by atoms with Gasteiger partial charge in [-0.15, -0.1) is 0 Å². The molecule has 1 aliphatic heterocycles. The first-order valence-electron chi connectivity index (χ1n) is 7.21. The minimum Gasteiger partial charge on any atom is -0.304 e. The molecule has 3 unspecified atom stereocenters. The lowest BCUT2D eigenvalue weighted by molar-refractivity contribution is 0.0945. The van der Waals surface area contributed by atoms with E-state index in [1.54, 1.807) is 12.1 Å². The molecule has 0 radical (unpaired) electrons. The average molecular weight is 261 g/mol. The normalized spacial score (nSPS) is 30.1. The van der Waals surface area contributed by atoms with Gasteiger partial charge in [0.05, 0.1) is 11.6 Å². The fourth-order valence-corrected chi connectivity index (χ4v) is 3.54. The van der Waals surface area contributed by atoms with Crippen LogP contribution >= 0.6 is 0 Å². The fourth-order valence-electron chi connectivity index (χ4n) is 3.54. The number of halogens is 1. The number of Topliss-reactive ketones (excluding diaryl/α,β-unsaturated/α-hetero) is 1. The Bertz CT molecular complexity index is 486. The summed E-state index contributed by atoms with van der Waals surface area (Å²) in [4.78, 5) is 12.5. The van der Waals surface area contributed by atoms with Gasteiger partial charge in [0.2, 0.25) is 0 Å². The van der Waals surface area contributed by atoms with E-state index in [2.05, 4.69) is 5.32 Å². The Morgan fingerprint density at radius 3 is 2.89 bits per heavy atom. The summed E-state index contributed by atoms with van der Waals surface area (Å²) >= 11 is 0. The predicted octanol–water partition coefficient (Wildman–Crippen LogP) is 3.24. The number of rotatable bonds is 2. The molecule has 102 valence electrons. The highest BCUT2D eigenvalue weighted by molar-refractivity contribution is 6.00. The molecule has 0 amide bonds. The molecule has 19 heavy (non-hydrogen) atoms. The van der Waals surface area contributed by atoms with Gasteiger partial charge in [-0.25, -0.2) is 4.39 Å². The van der Waals surface area contributed by atoms with Crippen molar-refractivity contribution in [3.8, 4) is 0 Å². The molecular weight excluding hydrogens is 241 g/mol. The van der Waals surface area contributed by atoms with Crippen molar-refractivity contribution < 1.29 is 9.18 Å². The summed E-state index contributed by atoms with van der Waals surface area (Å²) in [5.41, 5.74) is 1.18. The van der Waals surface area contributed by atoms with Crippen molar-refractivity contribution in [2.75, 3.05) is 0 Å². The van der Waals surface area contributed by atoms with Crippen LogP contribution < -0.4 is 5.32 Å². The lowest BCUT2D eigenvalue weighted by Gasteiger charge is -2.24. The third-order valence-corrected chi connectivity index (χ3v) is 4.57. The molecule has 2 fully saturated rings. The van der Waals surface area contributed by atoms with Crippen LogP contribution in [0.1, 0.15) is 48.0 Å². The summed E-state index contributed by atoms with van der Waals surface area (Å²) < 4.78 is 13.8. The summed E-state index contributed by atoms with van der Waals surface area (Å²) in [6.07, 6.45) is 5.75. The van der Waals surface area contributed by atoms with E-state index in [1.807, 2.05) is 6.92 Å². The van der Waals surface area contributed by atoms with Crippen LogP contribution in [0.4, 0.5) is 4.39 Å². The Morgan fingerprint density at radius 1 is 1.32 bits per heavy atom. The average Bonchev–Trinajstić information content (AvgIpc) is 2.84. The van der Waals surface area contributed by atoms with E-state index in [0.29, 0.717) is 12.0 Å². The second-order valence-corrected chi connectivity index (χ2v) is 5.95. The molecule has 1 saturated carbocycles. The van der Waals surface area contributed by atoms with Gasteiger partial charge in [-0.2, -0.15) is 0 Å². The lowest BCUT2D eigenvalue weighted by Crippen LogP contribution is -2.37. The highest BCUT2D eigenvalue weighted by Crippen LogP contribution is 2.34. The Hall–Kier alpha value is -1.22. The fraction of sp³-hybridized carbons (Fsp3) is 0.562. The molecule has 0 aromatic heterocycles. The standard InChI is InChI=1S/C16H20FNO/c1-10-6-7-13(17)12(8-10)16(19)15-9-11-4-2-3-5-14(11)18-15/h6-8,11,14-15,18H,2-5,9H2,1H3. The molecule has 3 atom stereocenters. The number of ketones is 1. The van der Waals surface area contributed by atoms with Crippen LogP contribution in [0.5, 0.6) is 0 Å². The highest BCUT2D eigenvalue weighted by Gasteiger charge is 2.38. The van der Waals surface area contributed by atoms with Crippen LogP contribution in [0, 0.1) is 18.7 Å². The molecular formula is C16H20FNO.